The molecule has 1 rings (SSSR count). The van der Waals surface area contributed by atoms with Crippen molar-refractivity contribution in [2.75, 3.05) is 19.7 Å². The monoisotopic (exact) mass is 358 g/mol. The molecule has 2 N–H and O–H groups in total. The van der Waals surface area contributed by atoms with Crippen LogP contribution >= 0.6 is 0 Å². The van der Waals surface area contributed by atoms with E-state index in [-0.39, 0.29) is 17.2 Å². The predicted octanol–water partition coefficient (Wildman–Crippen LogP) is 3.98. The number of piperidine rings is 1. The molecule has 1 atom stereocenters. The fourth-order valence-electron chi connectivity index (χ4n) is 2.49. The summed E-state index contributed by atoms with van der Waals surface area (Å²) in [5.41, 5.74) is 5.94. The van der Waals surface area contributed by atoms with E-state index < -0.39 is 13.9 Å². The van der Waals surface area contributed by atoms with E-state index in [0.717, 1.165) is 12.8 Å². The van der Waals surface area contributed by atoms with E-state index in [9.17, 15) is 4.79 Å². The highest BCUT2D eigenvalue weighted by atomic mass is 28.4. The van der Waals surface area contributed by atoms with Crippen LogP contribution in [0.15, 0.2) is 0 Å². The molecular weight excluding hydrogens is 320 g/mol. The lowest BCUT2D eigenvalue weighted by molar-refractivity contribution is 0.0167. The molecule has 0 aromatic carbocycles. The van der Waals surface area contributed by atoms with Crippen molar-refractivity contribution >= 4 is 14.4 Å². The maximum atomic E-state index is 12.1. The predicted molar refractivity (Wildman–Crippen MR) is 102 cm³/mol. The minimum atomic E-state index is -1.75. The first-order chi connectivity index (χ1) is 10.7. The van der Waals surface area contributed by atoms with Crippen LogP contribution in [0.5, 0.6) is 0 Å². The van der Waals surface area contributed by atoms with Crippen LogP contribution in [0.3, 0.4) is 0 Å². The summed E-state index contributed by atoms with van der Waals surface area (Å²) in [6, 6.07) is 0.0416. The van der Waals surface area contributed by atoms with Crippen LogP contribution in [0.2, 0.25) is 18.1 Å². The highest BCUT2D eigenvalue weighted by molar-refractivity contribution is 6.74. The van der Waals surface area contributed by atoms with Crippen LogP contribution in [-0.2, 0) is 9.16 Å². The van der Waals surface area contributed by atoms with E-state index in [4.69, 9.17) is 14.9 Å². The molecule has 1 aliphatic heterocycles. The maximum absolute atomic E-state index is 12.1. The Morgan fingerprint density at radius 2 is 1.67 bits per heavy atom. The molecule has 6 heteroatoms. The second-order valence-corrected chi connectivity index (χ2v) is 14.3. The standard InChI is InChI=1S/C18H38N2O3Si/c1-17(2,3)23-16(21)20-11-9-14(10-12-20)15(19)13-22-24(7,8)18(4,5)6/h14-15H,9-13,19H2,1-8H3. The summed E-state index contributed by atoms with van der Waals surface area (Å²) in [5, 5.41) is 0.201. The lowest BCUT2D eigenvalue weighted by atomic mass is 9.90. The SMILES string of the molecule is CC(C)(C)OC(=O)N1CCC(C(N)CO[Si](C)(C)C(C)(C)C)CC1. The molecule has 0 aliphatic carbocycles. The molecule has 1 amide bonds. The van der Waals surface area contributed by atoms with Gasteiger partial charge in [-0.2, -0.15) is 0 Å². The largest absolute Gasteiger partial charge is 0.444 e. The van der Waals surface area contributed by atoms with Gasteiger partial charge in [0.25, 0.3) is 0 Å². The van der Waals surface area contributed by atoms with Gasteiger partial charge in [0, 0.05) is 25.7 Å². The number of amides is 1. The molecule has 0 bridgehead atoms. The summed E-state index contributed by atoms with van der Waals surface area (Å²) in [6.45, 7) is 19.0. The average Bonchev–Trinajstić information content (AvgIpc) is 2.42. The topological polar surface area (TPSA) is 64.8 Å². The van der Waals surface area contributed by atoms with Crippen LogP contribution in [-0.4, -0.2) is 50.6 Å². The summed E-state index contributed by atoms with van der Waals surface area (Å²) < 4.78 is 11.7. The van der Waals surface area contributed by atoms with Crippen LogP contribution in [0.1, 0.15) is 54.4 Å². The fraction of sp³-hybridized carbons (Fsp3) is 0.944. The van der Waals surface area contributed by atoms with E-state index in [0.29, 0.717) is 25.6 Å². The Morgan fingerprint density at radius 3 is 2.08 bits per heavy atom. The van der Waals surface area contributed by atoms with Crippen molar-refractivity contribution in [3.05, 3.63) is 0 Å². The Kier molecular flexibility index (Phi) is 6.92. The van der Waals surface area contributed by atoms with Gasteiger partial charge in [-0.05, 0) is 57.7 Å². The van der Waals surface area contributed by atoms with Crippen molar-refractivity contribution < 1.29 is 14.0 Å². The molecule has 5 nitrogen and oxygen atoms in total. The summed E-state index contributed by atoms with van der Waals surface area (Å²) in [7, 11) is -1.75. The number of nitrogens with zero attached hydrogens (tertiary/aromatic N) is 1. The Bertz CT molecular complexity index is 419. The number of nitrogens with two attached hydrogens (primary N) is 1. The van der Waals surface area contributed by atoms with Gasteiger partial charge in [-0.15, -0.1) is 0 Å². The van der Waals surface area contributed by atoms with Gasteiger partial charge >= 0.3 is 6.09 Å². The zero-order chi connectivity index (χ0) is 18.8. The van der Waals surface area contributed by atoms with Crippen molar-refractivity contribution in [3.8, 4) is 0 Å². The second kappa shape index (κ2) is 7.75. The van der Waals surface area contributed by atoms with Gasteiger partial charge in [0.2, 0.25) is 0 Å². The van der Waals surface area contributed by atoms with E-state index in [2.05, 4.69) is 33.9 Å². The van der Waals surface area contributed by atoms with Crippen LogP contribution < -0.4 is 5.73 Å². The van der Waals surface area contributed by atoms with Gasteiger partial charge in [0.15, 0.2) is 8.32 Å². The van der Waals surface area contributed by atoms with Crippen molar-refractivity contribution in [2.24, 2.45) is 11.7 Å². The zero-order valence-electron chi connectivity index (χ0n) is 16.9. The van der Waals surface area contributed by atoms with Crippen molar-refractivity contribution in [1.82, 2.24) is 4.90 Å². The number of rotatable bonds is 4. The third-order valence-electron chi connectivity index (χ3n) is 5.24. The summed E-state index contributed by atoms with van der Waals surface area (Å²) in [5.74, 6) is 0.411. The molecule has 0 aromatic heterocycles. The van der Waals surface area contributed by atoms with E-state index >= 15 is 0 Å². The van der Waals surface area contributed by atoms with Crippen molar-refractivity contribution in [1.29, 1.82) is 0 Å². The van der Waals surface area contributed by atoms with Crippen LogP contribution in [0, 0.1) is 5.92 Å². The van der Waals surface area contributed by atoms with Crippen LogP contribution in [0.25, 0.3) is 0 Å². The molecule has 142 valence electrons. The van der Waals surface area contributed by atoms with E-state index in [1.807, 2.05) is 20.8 Å². The number of ether oxygens (including phenoxy) is 1. The van der Waals surface area contributed by atoms with Crippen molar-refractivity contribution in [2.45, 2.75) is 84.2 Å². The number of likely N-dealkylation sites (tertiary alicyclic amines) is 1. The quantitative estimate of drug-likeness (QED) is 0.772. The third kappa shape index (κ3) is 6.37. The highest BCUT2D eigenvalue weighted by Crippen LogP contribution is 2.36. The lowest BCUT2D eigenvalue weighted by Gasteiger charge is -2.39. The highest BCUT2D eigenvalue weighted by Gasteiger charge is 2.38. The summed E-state index contributed by atoms with van der Waals surface area (Å²) >= 11 is 0. The third-order valence-corrected chi connectivity index (χ3v) is 9.74. The number of hydrogen-bond acceptors (Lipinski definition) is 4. The first kappa shape index (κ1) is 21.4. The minimum Gasteiger partial charge on any atom is -0.444 e. The summed E-state index contributed by atoms with van der Waals surface area (Å²) in [4.78, 5) is 13.9. The van der Waals surface area contributed by atoms with E-state index in [1.165, 1.54) is 0 Å². The normalized spacial score (nSPS) is 19.3. The van der Waals surface area contributed by atoms with Gasteiger partial charge < -0.3 is 19.8 Å². The molecule has 1 unspecified atom stereocenters. The number of hydrogen-bond donors (Lipinski definition) is 1. The van der Waals surface area contributed by atoms with Crippen molar-refractivity contribution in [3.63, 3.8) is 0 Å². The Labute approximate surface area is 149 Å². The smallest absolute Gasteiger partial charge is 0.410 e. The molecule has 1 aliphatic rings. The molecule has 1 heterocycles. The van der Waals surface area contributed by atoms with E-state index in [1.54, 1.807) is 4.90 Å². The molecule has 1 fully saturated rings. The Hall–Kier alpha value is -0.593. The average molecular weight is 359 g/mol. The first-order valence-corrected chi connectivity index (χ1v) is 12.0. The number of carbonyl (C=O) groups is 1. The Morgan fingerprint density at radius 1 is 1.17 bits per heavy atom. The molecule has 0 radical (unpaired) electrons. The zero-order valence-corrected chi connectivity index (χ0v) is 17.9. The maximum Gasteiger partial charge on any atom is 0.410 e. The lowest BCUT2D eigenvalue weighted by Crippen LogP contribution is -2.49. The van der Waals surface area contributed by atoms with Gasteiger partial charge in [-0.25, -0.2) is 4.79 Å². The summed E-state index contributed by atoms with van der Waals surface area (Å²) in [6.07, 6.45) is 1.62. The molecule has 1 saturated heterocycles. The molecule has 0 spiro atoms. The Balaban J connectivity index is 2.43. The van der Waals surface area contributed by atoms with Crippen LogP contribution in [0.4, 0.5) is 4.79 Å². The fourth-order valence-corrected chi connectivity index (χ4v) is 3.54. The second-order valence-electron chi connectivity index (χ2n) is 9.54. The van der Waals surface area contributed by atoms with Gasteiger partial charge in [0.1, 0.15) is 5.60 Å². The minimum absolute atomic E-state index is 0.0416. The first-order valence-electron chi connectivity index (χ1n) is 9.10. The molecule has 0 saturated carbocycles. The number of carbonyl (C=O) groups excluding carboxylic acids is 1. The molecular formula is C18H38N2O3Si. The molecule has 0 aromatic rings. The molecule has 24 heavy (non-hydrogen) atoms. The van der Waals surface area contributed by atoms with Gasteiger partial charge in [-0.3, -0.25) is 0 Å². The van der Waals surface area contributed by atoms with Gasteiger partial charge in [0.05, 0.1) is 0 Å². The van der Waals surface area contributed by atoms with Gasteiger partial charge in [-0.1, -0.05) is 20.8 Å².